The van der Waals surface area contributed by atoms with Gasteiger partial charge in [-0.1, -0.05) is 18.2 Å². The van der Waals surface area contributed by atoms with E-state index >= 15 is 0 Å². The van der Waals surface area contributed by atoms with E-state index in [0.717, 1.165) is 9.86 Å². The molecule has 0 unspecified atom stereocenters. The number of nitrogens with zero attached hydrogens (tertiary/aromatic N) is 1. The zero-order valence-corrected chi connectivity index (χ0v) is 8.08. The molecule has 4 heteroatoms. The summed E-state index contributed by atoms with van der Waals surface area (Å²) >= 11 is 6.48. The molecule has 0 amide bonds. The summed E-state index contributed by atoms with van der Waals surface area (Å²) < 4.78 is 1.90. The molecule has 1 radical (unpaired) electrons. The van der Waals surface area contributed by atoms with Crippen molar-refractivity contribution in [3.05, 3.63) is 24.3 Å². The van der Waals surface area contributed by atoms with Crippen LogP contribution in [0.15, 0.2) is 28.6 Å². The van der Waals surface area contributed by atoms with Crippen molar-refractivity contribution in [3.8, 4) is 0 Å². The van der Waals surface area contributed by atoms with Gasteiger partial charge in [-0.05, 0) is 15.1 Å². The smallest absolute Gasteiger partial charge is 0.0600 e. The summed E-state index contributed by atoms with van der Waals surface area (Å²) in [4.78, 5) is 4.15. The number of para-hydroxylation sites is 1. The number of aromatic nitrogens is 1. The minimum atomic E-state index is 0. The molecule has 59 valence electrons. The summed E-state index contributed by atoms with van der Waals surface area (Å²) in [7, 11) is 0. The Labute approximate surface area is 84.4 Å². The predicted molar refractivity (Wildman–Crippen MR) is 45.3 cm³/mol. The Bertz CT molecular complexity index is 325. The average Bonchev–Trinajstić information content (AvgIpc) is 2.27. The summed E-state index contributed by atoms with van der Waals surface area (Å²) in [5, 5.41) is 0. The molecule has 0 saturated carbocycles. The van der Waals surface area contributed by atoms with Crippen LogP contribution in [-0.4, -0.2) is 4.98 Å². The molecule has 0 aliphatic heterocycles. The fourth-order valence-corrected chi connectivity index (χ4v) is 1.92. The molecule has 11 heavy (non-hydrogen) atoms. The van der Waals surface area contributed by atoms with E-state index in [1.807, 2.05) is 24.3 Å². The maximum absolute atomic E-state index is 4.92. The van der Waals surface area contributed by atoms with Crippen molar-refractivity contribution in [2.24, 2.45) is 0 Å². The third-order valence-electron chi connectivity index (χ3n) is 1.27. The normalized spacial score (nSPS) is 9.45. The molecule has 2 rings (SSSR count). The van der Waals surface area contributed by atoms with Gasteiger partial charge < -0.3 is 24.0 Å². The molecule has 0 N–H and O–H groups in total. The van der Waals surface area contributed by atoms with Crippen molar-refractivity contribution < 1.29 is 16.8 Å². The van der Waals surface area contributed by atoms with Gasteiger partial charge in [0.1, 0.15) is 0 Å². The van der Waals surface area contributed by atoms with Crippen LogP contribution in [0.5, 0.6) is 0 Å². The van der Waals surface area contributed by atoms with E-state index < -0.39 is 0 Å². The molecule has 0 aliphatic rings. The quantitative estimate of drug-likeness (QED) is 0.637. The first-order valence-electron chi connectivity index (χ1n) is 2.89. The molecule has 0 aliphatic carbocycles. The van der Waals surface area contributed by atoms with Gasteiger partial charge in [-0.3, -0.25) is 4.98 Å². The zero-order valence-electron chi connectivity index (χ0n) is 5.41. The van der Waals surface area contributed by atoms with Crippen molar-refractivity contribution >= 4 is 34.2 Å². The van der Waals surface area contributed by atoms with Crippen molar-refractivity contribution in [3.63, 3.8) is 0 Å². The number of hydrogen-bond donors (Lipinski definition) is 0. The van der Waals surface area contributed by atoms with Gasteiger partial charge in [-0.15, -0.1) is 0 Å². The van der Waals surface area contributed by atoms with Gasteiger partial charge in [-0.25, -0.2) is 0 Å². The summed E-state index contributed by atoms with van der Waals surface area (Å²) in [6, 6.07) is 7.97. The number of rotatable bonds is 0. The van der Waals surface area contributed by atoms with Crippen molar-refractivity contribution in [1.82, 2.24) is 4.98 Å². The predicted octanol–water partition coefficient (Wildman–Crippen LogP) is 2.20. The van der Waals surface area contributed by atoms with E-state index in [9.17, 15) is 0 Å². The van der Waals surface area contributed by atoms with Gasteiger partial charge in [0.15, 0.2) is 0 Å². The molecular weight excluding hydrogens is 221 g/mol. The van der Waals surface area contributed by atoms with Crippen LogP contribution >= 0.6 is 11.3 Å². The second kappa shape index (κ2) is 3.49. The van der Waals surface area contributed by atoms with Gasteiger partial charge in [-0.2, -0.15) is 0 Å². The Kier molecular flexibility index (Phi) is 2.83. The summed E-state index contributed by atoms with van der Waals surface area (Å²) in [5.74, 6) is 0. The van der Waals surface area contributed by atoms with Gasteiger partial charge >= 0.3 is 0 Å². The molecule has 1 aromatic carbocycles. The third-order valence-corrected chi connectivity index (χ3v) is 2.45. The van der Waals surface area contributed by atoms with Crippen LogP contribution in [0.1, 0.15) is 0 Å². The third kappa shape index (κ3) is 1.70. The van der Waals surface area contributed by atoms with Gasteiger partial charge in [0.05, 0.1) is 5.52 Å². The molecule has 0 saturated heterocycles. The largest absolute Gasteiger partial charge is 0.408 e. The standard InChI is InChI=1S/C7H5NS2.Co/c9-7-8-5-3-1-2-4-6(5)10-7;/h1-4H,(H,8,9);/p-1. The molecule has 1 heterocycles. The van der Waals surface area contributed by atoms with Crippen LogP contribution in [-0.2, 0) is 29.4 Å². The minimum absolute atomic E-state index is 0. The summed E-state index contributed by atoms with van der Waals surface area (Å²) in [6.45, 7) is 0. The maximum Gasteiger partial charge on any atom is 0.0600 e. The number of hydrogen-bond acceptors (Lipinski definition) is 3. The molecule has 0 bridgehead atoms. The fourth-order valence-electron chi connectivity index (χ4n) is 0.851. The van der Waals surface area contributed by atoms with Crippen LogP contribution < -0.4 is 0 Å². The van der Waals surface area contributed by atoms with E-state index in [2.05, 4.69) is 4.98 Å². The number of fused-ring (bicyclic) bond motifs is 1. The Morgan fingerprint density at radius 3 is 2.73 bits per heavy atom. The summed E-state index contributed by atoms with van der Waals surface area (Å²) in [5.41, 5.74) is 1.01. The van der Waals surface area contributed by atoms with Gasteiger partial charge in [0.25, 0.3) is 0 Å². The van der Waals surface area contributed by atoms with Crippen LogP contribution in [0.4, 0.5) is 0 Å². The van der Waals surface area contributed by atoms with E-state index in [0.29, 0.717) is 0 Å². The van der Waals surface area contributed by atoms with E-state index in [4.69, 9.17) is 12.6 Å². The van der Waals surface area contributed by atoms with Gasteiger partial charge in [0.2, 0.25) is 0 Å². The molecule has 0 atom stereocenters. The second-order valence-corrected chi connectivity index (χ2v) is 3.62. The molecule has 1 nitrogen and oxygen atoms in total. The van der Waals surface area contributed by atoms with Crippen molar-refractivity contribution in [2.45, 2.75) is 4.34 Å². The van der Waals surface area contributed by atoms with Gasteiger partial charge in [0, 0.05) is 16.8 Å². The monoisotopic (exact) mass is 225 g/mol. The first-order valence-corrected chi connectivity index (χ1v) is 4.11. The molecule has 2 aromatic rings. The average molecular weight is 225 g/mol. The SMILES string of the molecule is [Co].[S-]c1nc2ccccc2s1. The molecule has 0 spiro atoms. The summed E-state index contributed by atoms with van der Waals surface area (Å²) in [6.07, 6.45) is 0. The molecule has 1 aromatic heterocycles. The van der Waals surface area contributed by atoms with Crippen LogP contribution in [0.2, 0.25) is 0 Å². The van der Waals surface area contributed by atoms with E-state index in [1.165, 1.54) is 4.70 Å². The Morgan fingerprint density at radius 2 is 2.00 bits per heavy atom. The Hall–Kier alpha value is -0.164. The molecular formula is C7H4CoNS2-. The minimum Gasteiger partial charge on any atom is -0.408 e. The molecule has 0 fully saturated rings. The van der Waals surface area contributed by atoms with Crippen LogP contribution in [0.3, 0.4) is 0 Å². The first kappa shape index (κ1) is 8.93. The fraction of sp³-hybridized carbons (Fsp3) is 0. The Morgan fingerprint density at radius 1 is 1.27 bits per heavy atom. The van der Waals surface area contributed by atoms with E-state index in [1.54, 1.807) is 11.3 Å². The van der Waals surface area contributed by atoms with Crippen molar-refractivity contribution in [1.29, 1.82) is 0 Å². The zero-order chi connectivity index (χ0) is 6.97. The Balaban J connectivity index is 0.000000605. The second-order valence-electron chi connectivity index (χ2n) is 1.95. The number of benzene rings is 1. The topological polar surface area (TPSA) is 12.9 Å². The van der Waals surface area contributed by atoms with Crippen molar-refractivity contribution in [2.75, 3.05) is 0 Å². The van der Waals surface area contributed by atoms with E-state index in [-0.39, 0.29) is 16.8 Å². The number of thiazole rings is 1. The first-order chi connectivity index (χ1) is 4.86. The maximum atomic E-state index is 4.92. The van der Waals surface area contributed by atoms with Crippen LogP contribution in [0, 0.1) is 0 Å². The van der Waals surface area contributed by atoms with Crippen LogP contribution in [0.25, 0.3) is 10.2 Å².